The lowest BCUT2D eigenvalue weighted by Crippen LogP contribution is -2.28. The number of hydrogen-bond donors (Lipinski definition) is 1. The van der Waals surface area contributed by atoms with Gasteiger partial charge in [0.1, 0.15) is 0 Å². The third-order valence-corrected chi connectivity index (χ3v) is 3.45. The van der Waals surface area contributed by atoms with Gasteiger partial charge in [-0.25, -0.2) is 5.14 Å². The SMILES string of the molecule is NS(=O)(=O)OC1CC2CCC1C2. The maximum atomic E-state index is 10.6. The highest BCUT2D eigenvalue weighted by molar-refractivity contribution is 7.84. The van der Waals surface area contributed by atoms with Crippen LogP contribution < -0.4 is 5.14 Å². The van der Waals surface area contributed by atoms with Gasteiger partial charge in [0.25, 0.3) is 0 Å². The Balaban J connectivity index is 2.00. The number of nitrogens with two attached hydrogens (primary N) is 1. The highest BCUT2D eigenvalue weighted by Gasteiger charge is 2.41. The highest BCUT2D eigenvalue weighted by Crippen LogP contribution is 2.46. The van der Waals surface area contributed by atoms with Gasteiger partial charge in [0.05, 0.1) is 6.10 Å². The molecule has 0 amide bonds. The van der Waals surface area contributed by atoms with E-state index in [1.54, 1.807) is 0 Å². The molecular formula is C7H13NO3S. The minimum Gasteiger partial charge on any atom is -0.255 e. The van der Waals surface area contributed by atoms with Gasteiger partial charge in [-0.15, -0.1) is 0 Å². The summed E-state index contributed by atoms with van der Waals surface area (Å²) in [4.78, 5) is 0. The molecule has 3 atom stereocenters. The van der Waals surface area contributed by atoms with E-state index in [1.165, 1.54) is 6.42 Å². The quantitative estimate of drug-likeness (QED) is 0.686. The molecule has 2 bridgehead atoms. The molecule has 4 nitrogen and oxygen atoms in total. The summed E-state index contributed by atoms with van der Waals surface area (Å²) in [5, 5.41) is 4.80. The third kappa shape index (κ3) is 1.62. The van der Waals surface area contributed by atoms with Crippen molar-refractivity contribution >= 4 is 10.3 Å². The van der Waals surface area contributed by atoms with Crippen molar-refractivity contribution in [1.82, 2.24) is 0 Å². The number of fused-ring (bicyclic) bond motifs is 2. The second-order valence-corrected chi connectivity index (χ2v) is 4.98. The number of rotatable bonds is 2. The van der Waals surface area contributed by atoms with Crippen molar-refractivity contribution in [3.63, 3.8) is 0 Å². The van der Waals surface area contributed by atoms with Crippen molar-refractivity contribution < 1.29 is 12.6 Å². The van der Waals surface area contributed by atoms with E-state index in [-0.39, 0.29) is 6.10 Å². The standard InChI is InChI=1S/C7H13NO3S/c8-12(9,10)11-7-4-5-1-2-6(7)3-5/h5-7H,1-4H2,(H2,8,9,10). The van der Waals surface area contributed by atoms with E-state index >= 15 is 0 Å². The van der Waals surface area contributed by atoms with Gasteiger partial charge in [-0.1, -0.05) is 0 Å². The van der Waals surface area contributed by atoms with Crippen LogP contribution in [0.25, 0.3) is 0 Å². The molecule has 3 unspecified atom stereocenters. The van der Waals surface area contributed by atoms with Crippen LogP contribution in [0.3, 0.4) is 0 Å². The Morgan fingerprint density at radius 1 is 1.25 bits per heavy atom. The average molecular weight is 191 g/mol. The largest absolute Gasteiger partial charge is 0.333 e. The molecule has 0 saturated heterocycles. The first-order valence-electron chi connectivity index (χ1n) is 4.25. The summed E-state index contributed by atoms with van der Waals surface area (Å²) in [6.45, 7) is 0. The summed E-state index contributed by atoms with van der Waals surface area (Å²) in [6, 6.07) is 0. The molecule has 0 aromatic carbocycles. The first-order chi connectivity index (χ1) is 5.54. The Morgan fingerprint density at radius 3 is 2.42 bits per heavy atom. The molecule has 0 spiro atoms. The van der Waals surface area contributed by atoms with Crippen molar-refractivity contribution in [2.24, 2.45) is 17.0 Å². The molecule has 2 rings (SSSR count). The van der Waals surface area contributed by atoms with Gasteiger partial charge in [0.2, 0.25) is 0 Å². The summed E-state index contributed by atoms with van der Waals surface area (Å²) in [5.74, 6) is 1.12. The van der Waals surface area contributed by atoms with Crippen molar-refractivity contribution in [2.75, 3.05) is 0 Å². The maximum absolute atomic E-state index is 10.6. The zero-order chi connectivity index (χ0) is 8.77. The van der Waals surface area contributed by atoms with E-state index in [0.29, 0.717) is 11.8 Å². The zero-order valence-electron chi connectivity index (χ0n) is 6.77. The maximum Gasteiger partial charge on any atom is 0.333 e. The first-order valence-corrected chi connectivity index (χ1v) is 5.73. The smallest absolute Gasteiger partial charge is 0.255 e. The van der Waals surface area contributed by atoms with E-state index in [9.17, 15) is 8.42 Å². The molecule has 2 N–H and O–H groups in total. The lowest BCUT2D eigenvalue weighted by molar-refractivity contribution is 0.146. The molecule has 0 heterocycles. The van der Waals surface area contributed by atoms with E-state index in [2.05, 4.69) is 0 Å². The Kier molecular flexibility index (Phi) is 1.89. The minimum atomic E-state index is -3.73. The second kappa shape index (κ2) is 2.68. The minimum absolute atomic E-state index is 0.126. The average Bonchev–Trinajstić information content (AvgIpc) is 2.42. The summed E-state index contributed by atoms with van der Waals surface area (Å²) < 4.78 is 26.0. The lowest BCUT2D eigenvalue weighted by atomic mass is 9.98. The molecule has 2 aliphatic carbocycles. The molecule has 5 heteroatoms. The van der Waals surface area contributed by atoms with Crippen LogP contribution in [0.1, 0.15) is 25.7 Å². The Labute approximate surface area is 72.3 Å². The summed E-state index contributed by atoms with van der Waals surface area (Å²) in [6.07, 6.45) is 4.21. The molecule has 2 saturated carbocycles. The Morgan fingerprint density at radius 2 is 2.00 bits per heavy atom. The molecular weight excluding hydrogens is 178 g/mol. The van der Waals surface area contributed by atoms with Crippen LogP contribution in [0.4, 0.5) is 0 Å². The van der Waals surface area contributed by atoms with Crippen LogP contribution in [0.15, 0.2) is 0 Å². The van der Waals surface area contributed by atoms with Crippen molar-refractivity contribution in [2.45, 2.75) is 31.8 Å². The fourth-order valence-corrected chi connectivity index (χ4v) is 3.06. The first kappa shape index (κ1) is 8.47. The predicted molar refractivity (Wildman–Crippen MR) is 43.4 cm³/mol. The molecule has 2 aliphatic rings. The molecule has 0 aromatic rings. The molecule has 12 heavy (non-hydrogen) atoms. The van der Waals surface area contributed by atoms with E-state index in [1.807, 2.05) is 0 Å². The molecule has 70 valence electrons. The monoisotopic (exact) mass is 191 g/mol. The Bertz CT molecular complexity index is 274. The van der Waals surface area contributed by atoms with E-state index < -0.39 is 10.3 Å². The summed E-state index contributed by atoms with van der Waals surface area (Å²) >= 11 is 0. The van der Waals surface area contributed by atoms with Crippen LogP contribution in [-0.2, 0) is 14.5 Å². The molecule has 2 fully saturated rings. The molecule has 0 aromatic heterocycles. The fourth-order valence-electron chi connectivity index (χ4n) is 2.48. The summed E-state index contributed by atoms with van der Waals surface area (Å²) in [5.41, 5.74) is 0. The van der Waals surface area contributed by atoms with Gasteiger partial charge >= 0.3 is 10.3 Å². The number of hydrogen-bond acceptors (Lipinski definition) is 3. The van der Waals surface area contributed by atoms with Gasteiger partial charge < -0.3 is 0 Å². The molecule has 0 radical (unpaired) electrons. The van der Waals surface area contributed by atoms with Gasteiger partial charge in [-0.3, -0.25) is 4.18 Å². The van der Waals surface area contributed by atoms with Gasteiger partial charge in [0.15, 0.2) is 0 Å². The van der Waals surface area contributed by atoms with E-state index in [4.69, 9.17) is 9.32 Å². The molecule has 0 aliphatic heterocycles. The van der Waals surface area contributed by atoms with Crippen molar-refractivity contribution in [3.05, 3.63) is 0 Å². The van der Waals surface area contributed by atoms with Gasteiger partial charge in [-0.2, -0.15) is 8.42 Å². The normalized spacial score (nSPS) is 40.6. The van der Waals surface area contributed by atoms with Crippen molar-refractivity contribution in [3.8, 4) is 0 Å². The lowest BCUT2D eigenvalue weighted by Gasteiger charge is -2.19. The summed E-state index contributed by atoms with van der Waals surface area (Å²) in [7, 11) is -3.73. The Hall–Kier alpha value is -0.130. The zero-order valence-corrected chi connectivity index (χ0v) is 7.59. The predicted octanol–water partition coefficient (Wildman–Crippen LogP) is 0.395. The van der Waals surface area contributed by atoms with Crippen LogP contribution in [-0.4, -0.2) is 14.5 Å². The van der Waals surface area contributed by atoms with Crippen LogP contribution in [0.5, 0.6) is 0 Å². The van der Waals surface area contributed by atoms with Crippen LogP contribution in [0, 0.1) is 11.8 Å². The van der Waals surface area contributed by atoms with Crippen LogP contribution in [0.2, 0.25) is 0 Å². The van der Waals surface area contributed by atoms with Crippen LogP contribution >= 0.6 is 0 Å². The topological polar surface area (TPSA) is 69.4 Å². The van der Waals surface area contributed by atoms with Gasteiger partial charge in [-0.05, 0) is 37.5 Å². The fraction of sp³-hybridized carbons (Fsp3) is 1.00. The highest BCUT2D eigenvalue weighted by atomic mass is 32.2. The van der Waals surface area contributed by atoms with Crippen molar-refractivity contribution in [1.29, 1.82) is 0 Å². The van der Waals surface area contributed by atoms with Gasteiger partial charge in [0, 0.05) is 0 Å². The second-order valence-electron chi connectivity index (χ2n) is 3.80. The third-order valence-electron chi connectivity index (χ3n) is 2.93. The van der Waals surface area contributed by atoms with E-state index in [0.717, 1.165) is 19.3 Å².